The average molecular weight is 561 g/mol. The number of ether oxygens (including phenoxy) is 2. The van der Waals surface area contributed by atoms with Crippen LogP contribution in [0.3, 0.4) is 0 Å². The number of aromatic carboxylic acids is 1. The van der Waals surface area contributed by atoms with E-state index in [9.17, 15) is 19.5 Å². The Morgan fingerprint density at radius 2 is 1.66 bits per heavy atom. The first kappa shape index (κ1) is 28.2. The maximum Gasteiger partial charge on any atom is 0.410 e. The molecule has 216 valence electrons. The molecule has 2 amide bonds. The van der Waals surface area contributed by atoms with E-state index in [1.165, 1.54) is 15.8 Å². The van der Waals surface area contributed by atoms with Crippen LogP contribution in [0.5, 0.6) is 0 Å². The van der Waals surface area contributed by atoms with Gasteiger partial charge in [-0.3, -0.25) is 9.58 Å². The van der Waals surface area contributed by atoms with Crippen molar-refractivity contribution in [3.05, 3.63) is 77.1 Å². The van der Waals surface area contributed by atoms with Crippen molar-refractivity contribution in [3.63, 3.8) is 0 Å². The number of carbonyl (C=O) groups excluding carboxylic acids is 2. The van der Waals surface area contributed by atoms with Crippen LogP contribution in [0.1, 0.15) is 67.2 Å². The number of hydrogen-bond acceptors (Lipinski definition) is 6. The Balaban J connectivity index is 1.40. The van der Waals surface area contributed by atoms with Crippen molar-refractivity contribution in [3.8, 4) is 11.1 Å². The van der Waals surface area contributed by atoms with Gasteiger partial charge in [-0.1, -0.05) is 48.5 Å². The number of carboxylic acid groups (broad SMARTS) is 1. The van der Waals surface area contributed by atoms with E-state index in [-0.39, 0.29) is 36.4 Å². The zero-order chi connectivity index (χ0) is 29.5. The molecule has 10 heteroatoms. The van der Waals surface area contributed by atoms with Gasteiger partial charge in [-0.2, -0.15) is 5.10 Å². The molecule has 2 aliphatic rings. The maximum atomic E-state index is 13.8. The van der Waals surface area contributed by atoms with Crippen molar-refractivity contribution in [2.45, 2.75) is 64.3 Å². The van der Waals surface area contributed by atoms with Crippen molar-refractivity contribution >= 4 is 18.2 Å². The predicted octanol–water partition coefficient (Wildman–Crippen LogP) is 5.27. The third-order valence-corrected chi connectivity index (χ3v) is 7.77. The molecule has 5 rings (SSSR count). The highest BCUT2D eigenvalue weighted by molar-refractivity contribution is 5.88. The first-order chi connectivity index (χ1) is 19.4. The lowest BCUT2D eigenvalue weighted by Gasteiger charge is -2.33. The van der Waals surface area contributed by atoms with Crippen LogP contribution in [0, 0.1) is 0 Å². The number of aromatic nitrogens is 2. The molecule has 2 aromatic carbocycles. The summed E-state index contributed by atoms with van der Waals surface area (Å²) in [6.45, 7) is 7.72. The van der Waals surface area contributed by atoms with Gasteiger partial charge in [0.2, 0.25) is 0 Å². The minimum atomic E-state index is -1.13. The second kappa shape index (κ2) is 10.9. The van der Waals surface area contributed by atoms with Crippen molar-refractivity contribution < 1.29 is 29.0 Å². The molecular formula is C31H36N4O6. The molecule has 1 saturated heterocycles. The van der Waals surface area contributed by atoms with Crippen LogP contribution in [-0.4, -0.2) is 73.7 Å². The van der Waals surface area contributed by atoms with E-state index in [0.717, 1.165) is 22.3 Å². The normalized spacial score (nSPS) is 18.1. The van der Waals surface area contributed by atoms with Crippen LogP contribution >= 0.6 is 0 Å². The van der Waals surface area contributed by atoms with Gasteiger partial charge in [0.25, 0.3) is 0 Å². The first-order valence-corrected chi connectivity index (χ1v) is 13.8. The largest absolute Gasteiger partial charge is 0.478 e. The van der Waals surface area contributed by atoms with Gasteiger partial charge in [-0.05, 0) is 56.4 Å². The van der Waals surface area contributed by atoms with E-state index in [1.807, 2.05) is 31.2 Å². The fourth-order valence-corrected chi connectivity index (χ4v) is 5.90. The molecule has 0 unspecified atom stereocenters. The highest BCUT2D eigenvalue weighted by atomic mass is 16.6. The minimum Gasteiger partial charge on any atom is -0.478 e. The number of amides is 2. The predicted molar refractivity (Wildman–Crippen MR) is 152 cm³/mol. The summed E-state index contributed by atoms with van der Waals surface area (Å²) in [4.78, 5) is 41.8. The summed E-state index contributed by atoms with van der Waals surface area (Å²) < 4.78 is 13.0. The van der Waals surface area contributed by atoms with E-state index in [1.54, 1.807) is 32.7 Å². The van der Waals surface area contributed by atoms with Crippen LogP contribution < -0.4 is 0 Å². The Morgan fingerprint density at radius 3 is 2.24 bits per heavy atom. The molecule has 3 aromatic rings. The molecule has 0 radical (unpaired) electrons. The molecule has 2 heterocycles. The second-order valence-electron chi connectivity index (χ2n) is 11.7. The van der Waals surface area contributed by atoms with Crippen molar-refractivity contribution in [2.24, 2.45) is 7.05 Å². The number of carboxylic acids is 1. The smallest absolute Gasteiger partial charge is 0.410 e. The monoisotopic (exact) mass is 560 g/mol. The van der Waals surface area contributed by atoms with Gasteiger partial charge < -0.3 is 19.5 Å². The molecule has 2 atom stereocenters. The molecule has 1 aliphatic heterocycles. The molecular weight excluding hydrogens is 524 g/mol. The van der Waals surface area contributed by atoms with Gasteiger partial charge in [0.05, 0.1) is 24.3 Å². The zero-order valence-corrected chi connectivity index (χ0v) is 24.0. The third kappa shape index (κ3) is 5.64. The summed E-state index contributed by atoms with van der Waals surface area (Å²) in [7, 11) is 1.63. The number of aryl methyl sites for hydroxylation is 1. The van der Waals surface area contributed by atoms with Crippen molar-refractivity contribution in [1.29, 1.82) is 0 Å². The lowest BCUT2D eigenvalue weighted by Crippen LogP contribution is -2.48. The summed E-state index contributed by atoms with van der Waals surface area (Å²) in [5.74, 6) is -1.26. The number of fused-ring (bicyclic) bond motifs is 3. The highest BCUT2D eigenvalue weighted by Gasteiger charge is 2.42. The van der Waals surface area contributed by atoms with Crippen LogP contribution in [0.15, 0.2) is 54.7 Å². The van der Waals surface area contributed by atoms with Crippen molar-refractivity contribution in [2.75, 3.05) is 13.2 Å². The first-order valence-electron chi connectivity index (χ1n) is 13.8. The van der Waals surface area contributed by atoms with E-state index in [0.29, 0.717) is 13.0 Å². The summed E-state index contributed by atoms with van der Waals surface area (Å²) >= 11 is 0. The van der Waals surface area contributed by atoms with Gasteiger partial charge in [-0.25, -0.2) is 14.4 Å². The third-order valence-electron chi connectivity index (χ3n) is 7.77. The van der Waals surface area contributed by atoms with E-state index < -0.39 is 29.8 Å². The van der Waals surface area contributed by atoms with Gasteiger partial charge >= 0.3 is 18.2 Å². The molecule has 1 aliphatic carbocycles. The van der Waals surface area contributed by atoms with Crippen LogP contribution in [-0.2, 0) is 23.1 Å². The lowest BCUT2D eigenvalue weighted by atomic mass is 9.98. The van der Waals surface area contributed by atoms with Gasteiger partial charge in [0, 0.05) is 25.7 Å². The Hall–Kier alpha value is -4.34. The number of hydrogen-bond donors (Lipinski definition) is 1. The second-order valence-corrected chi connectivity index (χ2v) is 11.7. The summed E-state index contributed by atoms with van der Waals surface area (Å²) in [5.41, 5.74) is 4.03. The molecule has 1 aromatic heterocycles. The average Bonchev–Trinajstić information content (AvgIpc) is 3.58. The molecule has 0 saturated carbocycles. The number of nitrogens with zero attached hydrogens (tertiary/aromatic N) is 4. The van der Waals surface area contributed by atoms with Crippen molar-refractivity contribution in [1.82, 2.24) is 19.6 Å². The lowest BCUT2D eigenvalue weighted by molar-refractivity contribution is 0.0187. The van der Waals surface area contributed by atoms with E-state index in [2.05, 4.69) is 29.4 Å². The Morgan fingerprint density at radius 1 is 1.05 bits per heavy atom. The SMILES string of the molecule is C[C@@H]1[C@@H](N(Cc2nn(C)cc2C(=O)O)C(=O)OCC2c3ccccc3-c3ccccc32)CCN1C(=O)OC(C)(C)C. The molecule has 41 heavy (non-hydrogen) atoms. The van der Waals surface area contributed by atoms with Crippen LogP contribution in [0.2, 0.25) is 0 Å². The molecule has 0 spiro atoms. The minimum absolute atomic E-state index is 0.0126. The van der Waals surface area contributed by atoms with Crippen LogP contribution in [0.4, 0.5) is 9.59 Å². The maximum absolute atomic E-state index is 13.8. The van der Waals surface area contributed by atoms with Gasteiger partial charge in [0.15, 0.2) is 0 Å². The molecule has 10 nitrogen and oxygen atoms in total. The number of benzene rings is 2. The highest BCUT2D eigenvalue weighted by Crippen LogP contribution is 2.44. The molecule has 1 N–H and O–H groups in total. The summed E-state index contributed by atoms with van der Waals surface area (Å²) in [6, 6.07) is 15.4. The fourth-order valence-electron chi connectivity index (χ4n) is 5.90. The number of carbonyl (C=O) groups is 3. The Bertz CT molecular complexity index is 1430. The quantitative estimate of drug-likeness (QED) is 0.437. The fraction of sp³-hybridized carbons (Fsp3) is 0.419. The summed E-state index contributed by atoms with van der Waals surface area (Å²) in [5, 5.41) is 14.1. The number of likely N-dealkylation sites (tertiary alicyclic amines) is 1. The molecule has 0 bridgehead atoms. The molecule has 1 fully saturated rings. The van der Waals surface area contributed by atoms with E-state index in [4.69, 9.17) is 9.47 Å². The summed E-state index contributed by atoms with van der Waals surface area (Å²) in [6.07, 6.45) is 0.860. The Kier molecular flexibility index (Phi) is 7.50. The zero-order valence-electron chi connectivity index (χ0n) is 24.0. The van der Waals surface area contributed by atoms with Gasteiger partial charge in [-0.15, -0.1) is 0 Å². The Labute approximate surface area is 239 Å². The van der Waals surface area contributed by atoms with Crippen LogP contribution in [0.25, 0.3) is 11.1 Å². The van der Waals surface area contributed by atoms with Gasteiger partial charge in [0.1, 0.15) is 17.8 Å². The standard InChI is InChI=1S/C31H36N4O6/c1-19-27(14-15-34(19)30(39)41-31(2,3)4)35(17-26-24(28(36)37)16-33(5)32-26)29(38)40-18-25-22-12-8-6-10-20(22)21-11-7-9-13-23(21)25/h6-13,16,19,25,27H,14-15,17-18H2,1-5H3,(H,36,37)/t19-,27+/m1/s1. The number of rotatable bonds is 6. The van der Waals surface area contributed by atoms with E-state index >= 15 is 0 Å². The topological polar surface area (TPSA) is 114 Å².